The van der Waals surface area contributed by atoms with Crippen molar-refractivity contribution >= 4 is 28.6 Å². The van der Waals surface area contributed by atoms with Crippen LogP contribution in [0.25, 0.3) is 11.0 Å². The van der Waals surface area contributed by atoms with Gasteiger partial charge in [-0.3, -0.25) is 4.98 Å². The summed E-state index contributed by atoms with van der Waals surface area (Å²) in [5, 5.41) is 3.66. The van der Waals surface area contributed by atoms with E-state index in [2.05, 4.69) is 30.2 Å². The normalized spacial score (nSPS) is 12.3. The average molecular weight is 382 g/mol. The molecule has 0 amide bonds. The van der Waals surface area contributed by atoms with E-state index in [0.29, 0.717) is 28.2 Å². The summed E-state index contributed by atoms with van der Waals surface area (Å²) in [7, 11) is 1.84. The Kier molecular flexibility index (Phi) is 4.30. The number of hydrogen-bond acceptors (Lipinski definition) is 7. The maximum absolute atomic E-state index is 14.3. The molecule has 0 unspecified atom stereocenters. The number of fused-ring (bicyclic) bond motifs is 1. The molecule has 3 N–H and O–H groups in total. The van der Waals surface area contributed by atoms with E-state index in [9.17, 15) is 8.78 Å². The summed E-state index contributed by atoms with van der Waals surface area (Å²) in [5.74, 6) is -0.999. The Morgan fingerprint density at radius 3 is 2.71 bits per heavy atom. The molecule has 142 valence electrons. The fourth-order valence-corrected chi connectivity index (χ4v) is 3.04. The van der Waals surface area contributed by atoms with Gasteiger partial charge in [0, 0.05) is 31.4 Å². The first-order chi connectivity index (χ1) is 13.4. The number of hydrogen-bond donors (Lipinski definition) is 2. The lowest BCUT2D eigenvalue weighted by Crippen LogP contribution is -2.08. The highest BCUT2D eigenvalue weighted by molar-refractivity contribution is 5.92. The van der Waals surface area contributed by atoms with Crippen LogP contribution in [0.4, 0.5) is 26.4 Å². The van der Waals surface area contributed by atoms with Crippen molar-refractivity contribution in [1.29, 1.82) is 0 Å². The number of rotatable bonds is 4. The number of anilines is 3. The van der Waals surface area contributed by atoms with Gasteiger partial charge in [-0.1, -0.05) is 6.92 Å². The fourth-order valence-electron chi connectivity index (χ4n) is 3.04. The highest BCUT2D eigenvalue weighted by Gasteiger charge is 2.21. The number of nitrogens with zero attached hydrogens (tertiary/aromatic N) is 6. The summed E-state index contributed by atoms with van der Waals surface area (Å²) in [6.07, 6.45) is 5.94. The topological polar surface area (TPSA) is 107 Å². The maximum Gasteiger partial charge on any atom is 0.224 e. The molecule has 0 aliphatic rings. The van der Waals surface area contributed by atoms with Gasteiger partial charge in [-0.05, 0) is 11.6 Å². The highest BCUT2D eigenvalue weighted by atomic mass is 19.1. The Morgan fingerprint density at radius 1 is 1.18 bits per heavy atom. The molecule has 1 atom stereocenters. The molecule has 0 spiro atoms. The molecule has 4 aromatic rings. The number of aryl methyl sites for hydroxylation is 1. The van der Waals surface area contributed by atoms with Crippen molar-refractivity contribution in [3.63, 3.8) is 0 Å². The van der Waals surface area contributed by atoms with Gasteiger partial charge in [-0.2, -0.15) is 9.97 Å². The minimum Gasteiger partial charge on any atom is -0.368 e. The predicted octanol–water partition coefficient (Wildman–Crippen LogP) is 2.91. The van der Waals surface area contributed by atoms with Crippen LogP contribution in [0.5, 0.6) is 0 Å². The predicted molar refractivity (Wildman–Crippen MR) is 99.9 cm³/mol. The number of halogens is 2. The summed E-state index contributed by atoms with van der Waals surface area (Å²) < 4.78 is 29.3. The minimum atomic E-state index is -0.735. The molecule has 0 bridgehead atoms. The third-order valence-corrected chi connectivity index (χ3v) is 4.31. The highest BCUT2D eigenvalue weighted by Crippen LogP contribution is 2.34. The third kappa shape index (κ3) is 3.20. The van der Waals surface area contributed by atoms with E-state index in [-0.39, 0.29) is 11.6 Å². The first kappa shape index (κ1) is 17.7. The zero-order chi connectivity index (χ0) is 19.8. The second-order valence-corrected chi connectivity index (χ2v) is 6.32. The lowest BCUT2D eigenvalue weighted by atomic mass is 9.94. The number of imidazole rings is 1. The summed E-state index contributed by atoms with van der Waals surface area (Å²) in [6, 6.07) is 2.53. The molecule has 0 aromatic carbocycles. The van der Waals surface area contributed by atoms with E-state index in [0.717, 1.165) is 12.3 Å². The monoisotopic (exact) mass is 382 g/mol. The van der Waals surface area contributed by atoms with Crippen LogP contribution in [0.1, 0.15) is 24.1 Å². The number of pyridine rings is 2. The molecule has 0 saturated carbocycles. The van der Waals surface area contributed by atoms with Gasteiger partial charge in [-0.15, -0.1) is 0 Å². The summed E-state index contributed by atoms with van der Waals surface area (Å²) in [4.78, 5) is 20.8. The van der Waals surface area contributed by atoms with E-state index in [1.54, 1.807) is 36.3 Å². The lowest BCUT2D eigenvalue weighted by molar-refractivity contribution is 0.552. The van der Waals surface area contributed by atoms with E-state index in [4.69, 9.17) is 5.73 Å². The van der Waals surface area contributed by atoms with Crippen LogP contribution < -0.4 is 11.1 Å². The first-order valence-electron chi connectivity index (χ1n) is 8.40. The lowest BCUT2D eigenvalue weighted by Gasteiger charge is -2.16. The second kappa shape index (κ2) is 6.80. The minimum absolute atomic E-state index is 0.0364. The smallest absolute Gasteiger partial charge is 0.224 e. The zero-order valence-corrected chi connectivity index (χ0v) is 15.1. The summed E-state index contributed by atoms with van der Waals surface area (Å²) in [6.45, 7) is 1.76. The van der Waals surface area contributed by atoms with E-state index in [1.165, 1.54) is 0 Å². The molecule has 4 heterocycles. The Bertz CT molecular complexity index is 1170. The number of aromatic nitrogens is 6. The molecule has 0 saturated heterocycles. The van der Waals surface area contributed by atoms with Crippen molar-refractivity contribution in [3.8, 4) is 0 Å². The van der Waals surface area contributed by atoms with Crippen molar-refractivity contribution in [2.24, 2.45) is 7.05 Å². The standard InChI is InChI=1S/C18H16F2N8/c1-9(15-12(20)5-10(19)6-23-15)11-3-4-22-16-14(11)17(27-18(21)26-16)25-13-7-28(2)8-24-13/h3-9H,1-2H3,(H3,21,22,25,26,27)/t9-/m1/s1. The number of nitrogens with one attached hydrogen (secondary N) is 1. The molecule has 8 nitrogen and oxygen atoms in total. The Hall–Kier alpha value is -3.69. The van der Waals surface area contributed by atoms with Gasteiger partial charge in [0.05, 0.1) is 23.6 Å². The van der Waals surface area contributed by atoms with Gasteiger partial charge in [0.2, 0.25) is 5.95 Å². The Balaban J connectivity index is 1.88. The van der Waals surface area contributed by atoms with Gasteiger partial charge >= 0.3 is 0 Å². The Morgan fingerprint density at radius 2 is 2.00 bits per heavy atom. The van der Waals surface area contributed by atoms with Crippen molar-refractivity contribution in [2.75, 3.05) is 11.1 Å². The van der Waals surface area contributed by atoms with Crippen LogP contribution in [0.15, 0.2) is 37.1 Å². The zero-order valence-electron chi connectivity index (χ0n) is 15.1. The molecule has 4 aromatic heterocycles. The summed E-state index contributed by atoms with van der Waals surface area (Å²) in [5.41, 5.74) is 6.94. The average Bonchev–Trinajstić information content (AvgIpc) is 3.05. The molecule has 0 aliphatic carbocycles. The number of nitrogen functional groups attached to an aromatic ring is 1. The van der Waals surface area contributed by atoms with Gasteiger partial charge in [-0.25, -0.2) is 18.7 Å². The molecular formula is C18H16F2N8. The number of nitrogens with two attached hydrogens (primary N) is 1. The van der Waals surface area contributed by atoms with Crippen LogP contribution >= 0.6 is 0 Å². The quantitative estimate of drug-likeness (QED) is 0.559. The molecule has 0 fully saturated rings. The van der Waals surface area contributed by atoms with Crippen molar-refractivity contribution in [3.05, 3.63) is 59.9 Å². The van der Waals surface area contributed by atoms with Gasteiger partial charge in [0.25, 0.3) is 0 Å². The second-order valence-electron chi connectivity index (χ2n) is 6.32. The molecular weight excluding hydrogens is 366 g/mol. The molecule has 10 heteroatoms. The van der Waals surface area contributed by atoms with Crippen molar-refractivity contribution in [2.45, 2.75) is 12.8 Å². The van der Waals surface area contributed by atoms with Gasteiger partial charge in [0.15, 0.2) is 5.65 Å². The largest absolute Gasteiger partial charge is 0.368 e. The first-order valence-corrected chi connectivity index (χ1v) is 8.40. The SMILES string of the molecule is C[C@@H](c1ncc(F)cc1F)c1ccnc2nc(N)nc(Nc3cn(C)cn3)c12. The fraction of sp³-hybridized carbons (Fsp3) is 0.167. The van der Waals surface area contributed by atoms with Crippen LogP contribution in [0.2, 0.25) is 0 Å². The third-order valence-electron chi connectivity index (χ3n) is 4.31. The van der Waals surface area contributed by atoms with E-state index < -0.39 is 17.6 Å². The van der Waals surface area contributed by atoms with Crippen LogP contribution in [0, 0.1) is 11.6 Å². The maximum atomic E-state index is 14.3. The molecule has 0 radical (unpaired) electrons. The van der Waals surface area contributed by atoms with Crippen molar-refractivity contribution < 1.29 is 8.78 Å². The van der Waals surface area contributed by atoms with Crippen LogP contribution in [0.3, 0.4) is 0 Å². The Labute approximate surface area is 158 Å². The van der Waals surface area contributed by atoms with Crippen molar-refractivity contribution in [1.82, 2.24) is 29.5 Å². The van der Waals surface area contributed by atoms with Gasteiger partial charge < -0.3 is 15.6 Å². The van der Waals surface area contributed by atoms with E-state index >= 15 is 0 Å². The molecule has 28 heavy (non-hydrogen) atoms. The van der Waals surface area contributed by atoms with Crippen LogP contribution in [-0.2, 0) is 7.05 Å². The molecule has 0 aliphatic heterocycles. The van der Waals surface area contributed by atoms with Crippen LogP contribution in [-0.4, -0.2) is 29.5 Å². The van der Waals surface area contributed by atoms with E-state index in [1.807, 2.05) is 7.05 Å². The molecule has 4 rings (SSSR count). The van der Waals surface area contributed by atoms with Gasteiger partial charge in [0.1, 0.15) is 23.3 Å². The summed E-state index contributed by atoms with van der Waals surface area (Å²) >= 11 is 0.